The number of rotatable bonds is 6. The number of aromatic amines is 1. The van der Waals surface area contributed by atoms with Gasteiger partial charge in [0.15, 0.2) is 0 Å². The first-order valence-corrected chi connectivity index (χ1v) is 7.78. The summed E-state index contributed by atoms with van der Waals surface area (Å²) in [6.07, 6.45) is 1.71. The van der Waals surface area contributed by atoms with Crippen LogP contribution in [0.15, 0.2) is 48.7 Å². The van der Waals surface area contributed by atoms with Crippen LogP contribution in [0.1, 0.15) is 12.7 Å². The first kappa shape index (κ1) is 16.3. The lowest BCUT2D eigenvalue weighted by Crippen LogP contribution is -2.29. The summed E-state index contributed by atoms with van der Waals surface area (Å²) in [5, 5.41) is 12.3. The van der Waals surface area contributed by atoms with E-state index in [0.29, 0.717) is 23.6 Å². The average Bonchev–Trinajstić information content (AvgIpc) is 3.05. The van der Waals surface area contributed by atoms with Crippen molar-refractivity contribution in [2.45, 2.75) is 19.5 Å². The zero-order valence-corrected chi connectivity index (χ0v) is 13.3. The topological polar surface area (TPSA) is 73.8 Å². The van der Waals surface area contributed by atoms with Crippen LogP contribution in [0.25, 0.3) is 22.6 Å². The van der Waals surface area contributed by atoms with Crippen LogP contribution < -0.4 is 5.32 Å². The SMILES string of the molecule is CC(CO)NCc1nc(-c2cccc(F)c2)c(-c2ccccn2)[nH]1. The summed E-state index contributed by atoms with van der Waals surface area (Å²) in [5.41, 5.74) is 2.83. The number of aromatic nitrogens is 3. The summed E-state index contributed by atoms with van der Waals surface area (Å²) in [6.45, 7) is 2.40. The van der Waals surface area contributed by atoms with Gasteiger partial charge in [0.25, 0.3) is 0 Å². The zero-order chi connectivity index (χ0) is 16.9. The molecule has 0 fully saturated rings. The molecule has 0 spiro atoms. The zero-order valence-electron chi connectivity index (χ0n) is 13.3. The summed E-state index contributed by atoms with van der Waals surface area (Å²) in [4.78, 5) is 12.2. The molecule has 3 N–H and O–H groups in total. The number of hydrogen-bond donors (Lipinski definition) is 3. The van der Waals surface area contributed by atoms with E-state index >= 15 is 0 Å². The van der Waals surface area contributed by atoms with Crippen LogP contribution in [-0.4, -0.2) is 32.7 Å². The largest absolute Gasteiger partial charge is 0.395 e. The Balaban J connectivity index is 2.00. The molecule has 0 radical (unpaired) electrons. The van der Waals surface area contributed by atoms with E-state index in [1.165, 1.54) is 12.1 Å². The maximum atomic E-state index is 13.6. The smallest absolute Gasteiger partial charge is 0.123 e. The van der Waals surface area contributed by atoms with Gasteiger partial charge in [0.1, 0.15) is 11.6 Å². The molecule has 5 nitrogen and oxygen atoms in total. The van der Waals surface area contributed by atoms with Gasteiger partial charge in [-0.1, -0.05) is 18.2 Å². The molecule has 1 aromatic carbocycles. The molecule has 24 heavy (non-hydrogen) atoms. The van der Waals surface area contributed by atoms with Gasteiger partial charge >= 0.3 is 0 Å². The van der Waals surface area contributed by atoms with Gasteiger partial charge < -0.3 is 15.4 Å². The fraction of sp³-hybridized carbons (Fsp3) is 0.222. The van der Waals surface area contributed by atoms with Gasteiger partial charge in [-0.25, -0.2) is 9.37 Å². The van der Waals surface area contributed by atoms with Crippen LogP contribution in [0.2, 0.25) is 0 Å². The molecular formula is C18H19FN4O. The molecule has 2 heterocycles. The van der Waals surface area contributed by atoms with Gasteiger partial charge in [-0.2, -0.15) is 0 Å². The molecule has 6 heteroatoms. The van der Waals surface area contributed by atoms with Crippen LogP contribution >= 0.6 is 0 Å². The molecule has 0 aliphatic rings. The lowest BCUT2D eigenvalue weighted by molar-refractivity contribution is 0.250. The van der Waals surface area contributed by atoms with Crippen molar-refractivity contribution in [3.63, 3.8) is 0 Å². The fourth-order valence-corrected chi connectivity index (χ4v) is 2.38. The molecule has 0 saturated carbocycles. The van der Waals surface area contributed by atoms with Crippen LogP contribution in [0.5, 0.6) is 0 Å². The third-order valence-electron chi connectivity index (χ3n) is 3.66. The second kappa shape index (κ2) is 7.33. The van der Waals surface area contributed by atoms with E-state index in [1.54, 1.807) is 12.3 Å². The third kappa shape index (κ3) is 3.67. The first-order valence-electron chi connectivity index (χ1n) is 7.78. The van der Waals surface area contributed by atoms with Crippen molar-refractivity contribution in [3.8, 4) is 22.6 Å². The molecule has 0 amide bonds. The highest BCUT2D eigenvalue weighted by Crippen LogP contribution is 2.29. The molecule has 3 rings (SSSR count). The highest BCUT2D eigenvalue weighted by molar-refractivity contribution is 5.76. The highest BCUT2D eigenvalue weighted by atomic mass is 19.1. The number of imidazole rings is 1. The number of aliphatic hydroxyl groups is 1. The Morgan fingerprint density at radius 1 is 1.25 bits per heavy atom. The number of nitrogens with zero attached hydrogens (tertiary/aromatic N) is 2. The lowest BCUT2D eigenvalue weighted by Gasteiger charge is -2.08. The Bertz CT molecular complexity index is 804. The summed E-state index contributed by atoms with van der Waals surface area (Å²) in [6, 6.07) is 11.9. The summed E-state index contributed by atoms with van der Waals surface area (Å²) in [7, 11) is 0. The molecular weight excluding hydrogens is 307 g/mol. The van der Waals surface area contributed by atoms with Crippen LogP contribution in [0, 0.1) is 5.82 Å². The van der Waals surface area contributed by atoms with Crippen molar-refractivity contribution in [3.05, 3.63) is 60.3 Å². The molecule has 0 bridgehead atoms. The summed E-state index contributed by atoms with van der Waals surface area (Å²) < 4.78 is 13.6. The molecule has 2 aromatic heterocycles. The van der Waals surface area contributed by atoms with E-state index < -0.39 is 0 Å². The van der Waals surface area contributed by atoms with Crippen LogP contribution in [-0.2, 0) is 6.54 Å². The van der Waals surface area contributed by atoms with E-state index in [9.17, 15) is 4.39 Å². The number of benzene rings is 1. The monoisotopic (exact) mass is 326 g/mol. The van der Waals surface area contributed by atoms with Gasteiger partial charge in [0, 0.05) is 17.8 Å². The van der Waals surface area contributed by atoms with Crippen molar-refractivity contribution in [1.29, 1.82) is 0 Å². The van der Waals surface area contributed by atoms with Gasteiger partial charge in [0.05, 0.1) is 30.2 Å². The fourth-order valence-electron chi connectivity index (χ4n) is 2.38. The maximum Gasteiger partial charge on any atom is 0.123 e. The normalized spacial score (nSPS) is 12.3. The number of halogens is 1. The van der Waals surface area contributed by atoms with Crippen LogP contribution in [0.4, 0.5) is 4.39 Å². The lowest BCUT2D eigenvalue weighted by atomic mass is 10.1. The molecule has 1 unspecified atom stereocenters. The van der Waals surface area contributed by atoms with Gasteiger partial charge in [0.2, 0.25) is 0 Å². The minimum atomic E-state index is -0.309. The van der Waals surface area contributed by atoms with Gasteiger partial charge in [-0.05, 0) is 31.2 Å². The Labute approximate surface area is 139 Å². The predicted octanol–water partition coefficient (Wildman–Crippen LogP) is 2.75. The standard InChI is InChI=1S/C18H19FN4O/c1-12(11-24)21-10-16-22-17(13-5-4-6-14(19)9-13)18(23-16)15-7-2-3-8-20-15/h2-9,12,21,24H,10-11H2,1H3,(H,22,23). The van der Waals surface area contributed by atoms with Crippen molar-refractivity contribution in [2.75, 3.05) is 6.61 Å². The van der Waals surface area contributed by atoms with Crippen molar-refractivity contribution in [1.82, 2.24) is 20.3 Å². The second-order valence-corrected chi connectivity index (χ2v) is 5.60. The minimum Gasteiger partial charge on any atom is -0.395 e. The Morgan fingerprint density at radius 3 is 2.83 bits per heavy atom. The Morgan fingerprint density at radius 2 is 2.12 bits per heavy atom. The highest BCUT2D eigenvalue weighted by Gasteiger charge is 2.15. The Kier molecular flexibility index (Phi) is 4.98. The summed E-state index contributed by atoms with van der Waals surface area (Å²) >= 11 is 0. The van der Waals surface area contributed by atoms with Crippen molar-refractivity contribution >= 4 is 0 Å². The molecule has 0 saturated heterocycles. The minimum absolute atomic E-state index is 0.0361. The van der Waals surface area contributed by atoms with Crippen molar-refractivity contribution in [2.24, 2.45) is 0 Å². The first-order chi connectivity index (χ1) is 11.7. The molecule has 0 aliphatic carbocycles. The number of H-pyrrole nitrogens is 1. The third-order valence-corrected chi connectivity index (χ3v) is 3.66. The van der Waals surface area contributed by atoms with E-state index in [0.717, 1.165) is 11.4 Å². The van der Waals surface area contributed by atoms with E-state index in [-0.39, 0.29) is 18.5 Å². The van der Waals surface area contributed by atoms with Crippen LogP contribution in [0.3, 0.4) is 0 Å². The Hall–Kier alpha value is -2.57. The van der Waals surface area contributed by atoms with Gasteiger partial charge in [-0.15, -0.1) is 0 Å². The molecule has 0 aliphatic heterocycles. The number of nitrogens with one attached hydrogen (secondary N) is 2. The number of hydrogen-bond acceptors (Lipinski definition) is 4. The predicted molar refractivity (Wildman–Crippen MR) is 90.6 cm³/mol. The molecule has 3 aromatic rings. The molecule has 1 atom stereocenters. The van der Waals surface area contributed by atoms with E-state index in [1.807, 2.05) is 31.2 Å². The van der Waals surface area contributed by atoms with Gasteiger partial charge in [-0.3, -0.25) is 4.98 Å². The number of aliphatic hydroxyl groups excluding tert-OH is 1. The second-order valence-electron chi connectivity index (χ2n) is 5.60. The average molecular weight is 326 g/mol. The maximum absolute atomic E-state index is 13.6. The van der Waals surface area contributed by atoms with E-state index in [2.05, 4.69) is 20.3 Å². The van der Waals surface area contributed by atoms with E-state index in [4.69, 9.17) is 5.11 Å². The quantitative estimate of drug-likeness (QED) is 0.651. The van der Waals surface area contributed by atoms with Crippen molar-refractivity contribution < 1.29 is 9.50 Å². The molecule has 124 valence electrons. The number of pyridine rings is 1. The summed E-state index contributed by atoms with van der Waals surface area (Å²) in [5.74, 6) is 0.395.